The highest BCUT2D eigenvalue weighted by atomic mass is 16.5. The van der Waals surface area contributed by atoms with E-state index in [4.69, 9.17) is 4.74 Å². The molecule has 2 aromatic rings. The minimum Gasteiger partial charge on any atom is -0.464 e. The topological polar surface area (TPSA) is 88.1 Å². The molecule has 0 aromatic carbocycles. The standard InChI is InChI=1S/C11H12N4O4/c1-13-8-7(9(16)14(2)11(13)18)15(5-12-8)6-3-4-19-10(6)17/h5-6H,3-4H2,1-2H3/t6-/m1/s1. The van der Waals surface area contributed by atoms with Crippen LogP contribution in [0.2, 0.25) is 0 Å². The molecule has 1 aliphatic rings. The van der Waals surface area contributed by atoms with E-state index in [-0.39, 0.29) is 17.1 Å². The van der Waals surface area contributed by atoms with Gasteiger partial charge in [0.2, 0.25) is 0 Å². The van der Waals surface area contributed by atoms with Gasteiger partial charge in [-0.1, -0.05) is 0 Å². The van der Waals surface area contributed by atoms with Crippen LogP contribution >= 0.6 is 0 Å². The van der Waals surface area contributed by atoms with Gasteiger partial charge in [0.25, 0.3) is 5.56 Å². The van der Waals surface area contributed by atoms with Crippen LogP contribution in [0.15, 0.2) is 15.9 Å². The fraction of sp³-hybridized carbons (Fsp3) is 0.455. The maximum atomic E-state index is 12.2. The number of imidazole rings is 1. The fourth-order valence-electron chi connectivity index (χ4n) is 2.34. The second-order valence-corrected chi connectivity index (χ2v) is 4.50. The largest absolute Gasteiger partial charge is 0.464 e. The molecule has 8 nitrogen and oxygen atoms in total. The predicted molar refractivity (Wildman–Crippen MR) is 64.8 cm³/mol. The summed E-state index contributed by atoms with van der Waals surface area (Å²) in [5.74, 6) is -0.379. The first-order chi connectivity index (χ1) is 9.02. The number of rotatable bonds is 1. The molecule has 0 spiro atoms. The average Bonchev–Trinajstić information content (AvgIpc) is 2.99. The molecule has 19 heavy (non-hydrogen) atoms. The molecule has 3 rings (SSSR count). The minimum absolute atomic E-state index is 0.244. The lowest BCUT2D eigenvalue weighted by molar-refractivity contribution is -0.140. The molecule has 1 saturated heterocycles. The summed E-state index contributed by atoms with van der Waals surface area (Å²) in [7, 11) is 2.93. The summed E-state index contributed by atoms with van der Waals surface area (Å²) in [4.78, 5) is 39.6. The van der Waals surface area contributed by atoms with Crippen molar-refractivity contribution in [3.63, 3.8) is 0 Å². The number of carbonyl (C=O) groups is 1. The number of aromatic nitrogens is 4. The number of hydrogen-bond acceptors (Lipinski definition) is 5. The molecule has 0 amide bonds. The van der Waals surface area contributed by atoms with Crippen LogP contribution in [0, 0.1) is 0 Å². The van der Waals surface area contributed by atoms with Gasteiger partial charge in [0.1, 0.15) is 6.04 Å². The van der Waals surface area contributed by atoms with Crippen LogP contribution < -0.4 is 11.2 Å². The molecule has 0 bridgehead atoms. The van der Waals surface area contributed by atoms with Crippen molar-refractivity contribution in [1.82, 2.24) is 18.7 Å². The average molecular weight is 264 g/mol. The number of esters is 1. The van der Waals surface area contributed by atoms with Crippen molar-refractivity contribution in [2.75, 3.05) is 6.61 Å². The van der Waals surface area contributed by atoms with Gasteiger partial charge < -0.3 is 9.30 Å². The Balaban J connectivity index is 2.38. The van der Waals surface area contributed by atoms with Gasteiger partial charge in [-0.3, -0.25) is 13.9 Å². The molecule has 0 radical (unpaired) electrons. The van der Waals surface area contributed by atoms with Gasteiger partial charge in [-0.05, 0) is 0 Å². The lowest BCUT2D eigenvalue weighted by atomic mass is 10.2. The lowest BCUT2D eigenvalue weighted by Crippen LogP contribution is -2.38. The van der Waals surface area contributed by atoms with Crippen molar-refractivity contribution in [1.29, 1.82) is 0 Å². The van der Waals surface area contributed by atoms with E-state index in [2.05, 4.69) is 4.98 Å². The van der Waals surface area contributed by atoms with Gasteiger partial charge in [0, 0.05) is 20.5 Å². The van der Waals surface area contributed by atoms with Gasteiger partial charge in [-0.2, -0.15) is 0 Å². The molecule has 0 N–H and O–H groups in total. The molecule has 0 saturated carbocycles. The molecule has 0 unspecified atom stereocenters. The zero-order chi connectivity index (χ0) is 13.7. The fourth-order valence-corrected chi connectivity index (χ4v) is 2.34. The monoisotopic (exact) mass is 264 g/mol. The maximum absolute atomic E-state index is 12.2. The van der Waals surface area contributed by atoms with Crippen molar-refractivity contribution in [2.45, 2.75) is 12.5 Å². The Labute approximate surface area is 106 Å². The van der Waals surface area contributed by atoms with Crippen LogP contribution in [0.1, 0.15) is 12.5 Å². The van der Waals surface area contributed by atoms with Crippen molar-refractivity contribution in [3.05, 3.63) is 27.2 Å². The Morgan fingerprint density at radius 1 is 1.26 bits per heavy atom. The summed E-state index contributed by atoms with van der Waals surface area (Å²) >= 11 is 0. The third kappa shape index (κ3) is 1.46. The zero-order valence-corrected chi connectivity index (χ0v) is 10.5. The van der Waals surface area contributed by atoms with Crippen LogP contribution in [0.3, 0.4) is 0 Å². The third-order valence-electron chi connectivity index (χ3n) is 3.42. The van der Waals surface area contributed by atoms with Crippen molar-refractivity contribution in [3.8, 4) is 0 Å². The van der Waals surface area contributed by atoms with Crippen LogP contribution in [0.25, 0.3) is 11.2 Å². The molecule has 8 heteroatoms. The normalized spacial score (nSPS) is 19.1. The molecule has 100 valence electrons. The molecule has 1 atom stereocenters. The summed E-state index contributed by atoms with van der Waals surface area (Å²) in [6.45, 7) is 0.329. The quantitative estimate of drug-likeness (QED) is 0.611. The Morgan fingerprint density at radius 3 is 2.63 bits per heavy atom. The zero-order valence-electron chi connectivity index (χ0n) is 10.5. The summed E-state index contributed by atoms with van der Waals surface area (Å²) < 4.78 is 8.68. The smallest absolute Gasteiger partial charge is 0.332 e. The second-order valence-electron chi connectivity index (χ2n) is 4.50. The van der Waals surface area contributed by atoms with Gasteiger partial charge in [-0.15, -0.1) is 0 Å². The molecule has 0 aliphatic carbocycles. The van der Waals surface area contributed by atoms with Crippen LogP contribution in [-0.4, -0.2) is 31.3 Å². The third-order valence-corrected chi connectivity index (χ3v) is 3.42. The van der Waals surface area contributed by atoms with E-state index < -0.39 is 17.3 Å². The summed E-state index contributed by atoms with van der Waals surface area (Å²) in [5, 5.41) is 0. The van der Waals surface area contributed by atoms with E-state index in [0.717, 1.165) is 4.57 Å². The van der Waals surface area contributed by atoms with Crippen molar-refractivity contribution >= 4 is 17.1 Å². The SMILES string of the molecule is Cn1c(=O)c2c(ncn2[C@@H]2CCOC2=O)n(C)c1=O. The maximum Gasteiger partial charge on any atom is 0.332 e. The number of ether oxygens (including phenoxy) is 1. The first kappa shape index (κ1) is 11.7. The van der Waals surface area contributed by atoms with Gasteiger partial charge in [0.15, 0.2) is 11.2 Å². The second kappa shape index (κ2) is 3.81. The number of nitrogens with zero attached hydrogens (tertiary/aromatic N) is 4. The first-order valence-corrected chi connectivity index (χ1v) is 5.81. The molecular formula is C11H12N4O4. The van der Waals surface area contributed by atoms with Gasteiger partial charge >= 0.3 is 11.7 Å². The molecule has 2 aromatic heterocycles. The summed E-state index contributed by atoms with van der Waals surface area (Å²) in [6.07, 6.45) is 1.90. The van der Waals surface area contributed by atoms with E-state index in [0.29, 0.717) is 13.0 Å². The minimum atomic E-state index is -0.546. The highest BCUT2D eigenvalue weighted by Gasteiger charge is 2.30. The molecule has 1 aliphatic heterocycles. The molecule has 3 heterocycles. The van der Waals surface area contributed by atoms with Gasteiger partial charge in [0.05, 0.1) is 12.9 Å². The highest BCUT2D eigenvalue weighted by molar-refractivity contribution is 5.79. The molecular weight excluding hydrogens is 252 g/mol. The Bertz CT molecular complexity index is 797. The van der Waals surface area contributed by atoms with E-state index in [1.54, 1.807) is 0 Å². The van der Waals surface area contributed by atoms with Crippen molar-refractivity contribution < 1.29 is 9.53 Å². The number of fused-ring (bicyclic) bond motifs is 1. The first-order valence-electron chi connectivity index (χ1n) is 5.81. The Kier molecular flexibility index (Phi) is 2.34. The lowest BCUT2D eigenvalue weighted by Gasteiger charge is -2.09. The van der Waals surface area contributed by atoms with Crippen LogP contribution in [0.4, 0.5) is 0 Å². The Morgan fingerprint density at radius 2 is 2.00 bits per heavy atom. The van der Waals surface area contributed by atoms with E-state index in [9.17, 15) is 14.4 Å². The number of carbonyl (C=O) groups excluding carboxylic acids is 1. The number of hydrogen-bond donors (Lipinski definition) is 0. The number of cyclic esters (lactones) is 1. The van der Waals surface area contributed by atoms with Crippen molar-refractivity contribution in [2.24, 2.45) is 14.1 Å². The Hall–Kier alpha value is -2.38. The molecule has 1 fully saturated rings. The van der Waals surface area contributed by atoms with Crippen LogP contribution in [-0.2, 0) is 23.6 Å². The summed E-state index contributed by atoms with van der Waals surface area (Å²) in [5.41, 5.74) is -0.395. The number of aryl methyl sites for hydroxylation is 1. The highest BCUT2D eigenvalue weighted by Crippen LogP contribution is 2.22. The van der Waals surface area contributed by atoms with Gasteiger partial charge in [-0.25, -0.2) is 14.6 Å². The summed E-state index contributed by atoms with van der Waals surface area (Å²) in [6, 6.07) is -0.546. The predicted octanol–water partition coefficient (Wildman–Crippen LogP) is -1.08. The van der Waals surface area contributed by atoms with E-state index in [1.807, 2.05) is 0 Å². The van der Waals surface area contributed by atoms with E-state index >= 15 is 0 Å². The van der Waals surface area contributed by atoms with Crippen LogP contribution in [0.5, 0.6) is 0 Å². The van der Waals surface area contributed by atoms with E-state index in [1.165, 1.54) is 29.6 Å².